The van der Waals surface area contributed by atoms with Crippen LogP contribution in [-0.2, 0) is 13.7 Å². The number of epoxide rings is 1. The molecule has 5 fully saturated rings. The molecule has 1 N–H and O–H groups in total. The van der Waals surface area contributed by atoms with E-state index in [1.165, 1.54) is 17.6 Å². The summed E-state index contributed by atoms with van der Waals surface area (Å²) in [7, 11) is 0. The van der Waals surface area contributed by atoms with Gasteiger partial charge in [-0.3, -0.25) is 0 Å². The van der Waals surface area contributed by atoms with E-state index in [4.69, 9.17) is 13.7 Å². The van der Waals surface area contributed by atoms with E-state index in [9.17, 15) is 5.11 Å². The molecule has 2 bridgehead atoms. The minimum Gasteiger partial charge on any atom is -0.393 e. The second kappa shape index (κ2) is 5.11. The van der Waals surface area contributed by atoms with Gasteiger partial charge >= 0.3 is 0 Å². The first kappa shape index (κ1) is 17.3. The van der Waals surface area contributed by atoms with E-state index in [0.717, 1.165) is 44.9 Å². The Morgan fingerprint density at radius 1 is 1.31 bits per heavy atom. The summed E-state index contributed by atoms with van der Waals surface area (Å²) in [5.41, 5.74) is 0.800. The van der Waals surface area contributed by atoms with E-state index >= 15 is 0 Å². The molecule has 0 amide bonds. The van der Waals surface area contributed by atoms with Crippen molar-refractivity contribution in [2.45, 2.75) is 91.8 Å². The Kier molecular flexibility index (Phi) is 3.40. The van der Waals surface area contributed by atoms with Crippen molar-refractivity contribution in [2.75, 3.05) is 6.26 Å². The van der Waals surface area contributed by atoms with Crippen LogP contribution in [0, 0.1) is 11.3 Å². The summed E-state index contributed by atoms with van der Waals surface area (Å²) in [6, 6.07) is 0. The van der Waals surface area contributed by atoms with Crippen LogP contribution < -0.4 is 0 Å². The number of alkyl halides is 1. The highest BCUT2D eigenvalue weighted by Crippen LogP contribution is 2.73. The summed E-state index contributed by atoms with van der Waals surface area (Å²) in [6.45, 7) is 2.30. The first-order valence-corrected chi connectivity index (χ1v) is 12.1. The van der Waals surface area contributed by atoms with Gasteiger partial charge < -0.3 is 18.8 Å². The number of aliphatic hydroxyl groups is 1. The Hall–Kier alpha value is 0.410. The molecule has 3 heterocycles. The average molecular weight is 443 g/mol. The summed E-state index contributed by atoms with van der Waals surface area (Å²) in [5, 5.41) is 10.7. The second-order valence-corrected chi connectivity index (χ2v) is 11.3. The third-order valence-corrected chi connectivity index (χ3v) is 10.0. The zero-order chi connectivity index (χ0) is 17.9. The summed E-state index contributed by atoms with van der Waals surface area (Å²) >= 11 is 5.31. The maximum Gasteiger partial charge on any atom is 0.145 e. The highest BCUT2D eigenvalue weighted by atomic mass is 79.9. The Balaban J connectivity index is 1.44. The van der Waals surface area contributed by atoms with E-state index in [1.54, 1.807) is 0 Å². The highest BCUT2D eigenvalue weighted by Gasteiger charge is 2.81. The van der Waals surface area contributed by atoms with Crippen molar-refractivity contribution in [3.63, 3.8) is 0 Å². The van der Waals surface area contributed by atoms with Crippen molar-refractivity contribution in [3.05, 3.63) is 11.6 Å². The lowest BCUT2D eigenvalue weighted by Crippen LogP contribution is -2.62. The normalized spacial score (nSPS) is 62.0. The third-order valence-electron chi connectivity index (χ3n) is 8.78. The zero-order valence-electron chi connectivity index (χ0n) is 15.4. The largest absolute Gasteiger partial charge is 0.393 e. The quantitative estimate of drug-likeness (QED) is 0.305. The Bertz CT molecular complexity index is 701. The average Bonchev–Trinajstić information content (AvgIpc) is 3.13. The summed E-state index contributed by atoms with van der Waals surface area (Å²) in [4.78, 5) is 0.254. The van der Waals surface area contributed by atoms with Crippen molar-refractivity contribution < 1.29 is 18.8 Å². The standard InChI is InChI=1S/C20H27BrO4S/c1-17-6-5-11-9-20-16(23-20)15(24-26-2)12(21)10-18(20)7-8-19(11,25-18)13(17)3-4-14(17)22/h9,12-16,22H,3-8,10H2,1-2H3/t12-,13-,14+,15-,16+,17+,18-,19-,20+/m1/s1. The van der Waals surface area contributed by atoms with Crippen LogP contribution in [0.3, 0.4) is 0 Å². The van der Waals surface area contributed by atoms with Crippen molar-refractivity contribution in [1.29, 1.82) is 0 Å². The molecule has 3 saturated carbocycles. The Labute approximate surface area is 167 Å². The minimum atomic E-state index is -0.280. The lowest BCUT2D eigenvalue weighted by molar-refractivity contribution is -0.185. The monoisotopic (exact) mass is 442 g/mol. The molecule has 3 spiro atoms. The molecule has 3 aliphatic heterocycles. The molecule has 0 aromatic heterocycles. The molecule has 9 atom stereocenters. The van der Waals surface area contributed by atoms with Crippen molar-refractivity contribution in [1.82, 2.24) is 0 Å². The predicted molar refractivity (Wildman–Crippen MR) is 103 cm³/mol. The van der Waals surface area contributed by atoms with Gasteiger partial charge in [-0.15, -0.1) is 0 Å². The lowest BCUT2D eigenvalue weighted by atomic mass is 9.58. The van der Waals surface area contributed by atoms with Crippen molar-refractivity contribution in [3.8, 4) is 0 Å². The lowest BCUT2D eigenvalue weighted by Gasteiger charge is -2.55. The van der Waals surface area contributed by atoms with Crippen LogP contribution >= 0.6 is 28.0 Å². The number of aliphatic hydroxyl groups excluding tert-OH is 1. The van der Waals surface area contributed by atoms with Gasteiger partial charge in [0.25, 0.3) is 0 Å². The first-order valence-electron chi connectivity index (χ1n) is 10.0. The maximum atomic E-state index is 10.7. The van der Waals surface area contributed by atoms with E-state index in [2.05, 4.69) is 28.9 Å². The van der Waals surface area contributed by atoms with Crippen LogP contribution in [0.5, 0.6) is 0 Å². The molecular formula is C20H27BrO4S. The zero-order valence-corrected chi connectivity index (χ0v) is 17.8. The molecule has 0 aromatic rings. The SMILES string of the molecule is CSO[C@@H]1[C@H](Br)C[C@@]23CC[C@@]4(O2)C(=C[C@@]32O[C@@H]12)CC[C@@]1(C)[C@H]4CC[C@@H]1O. The van der Waals surface area contributed by atoms with Crippen LogP contribution in [0.25, 0.3) is 0 Å². The molecule has 2 saturated heterocycles. The number of rotatable bonds is 2. The van der Waals surface area contributed by atoms with Crippen LogP contribution in [0.1, 0.15) is 51.9 Å². The van der Waals surface area contributed by atoms with E-state index in [-0.39, 0.29) is 45.4 Å². The van der Waals surface area contributed by atoms with Gasteiger partial charge in [0, 0.05) is 11.1 Å². The summed E-state index contributed by atoms with van der Waals surface area (Å²) in [5.74, 6) is 0.438. The third kappa shape index (κ3) is 1.75. The number of ether oxygens (including phenoxy) is 2. The molecule has 0 radical (unpaired) electrons. The minimum absolute atomic E-state index is 0.00412. The fourth-order valence-corrected chi connectivity index (χ4v) is 8.96. The van der Waals surface area contributed by atoms with Gasteiger partial charge in [-0.25, -0.2) is 0 Å². The fourth-order valence-electron chi connectivity index (χ4n) is 7.45. The summed E-state index contributed by atoms with van der Waals surface area (Å²) in [6.07, 6.45) is 11.6. The fraction of sp³-hybridized carbons (Fsp3) is 0.900. The molecule has 3 aliphatic carbocycles. The molecular weight excluding hydrogens is 416 g/mol. The van der Waals surface area contributed by atoms with Gasteiger partial charge in [0.05, 0.1) is 11.7 Å². The number of hydrogen-bond acceptors (Lipinski definition) is 5. The molecule has 0 aromatic carbocycles. The Morgan fingerprint density at radius 2 is 2.15 bits per heavy atom. The second-order valence-electron chi connectivity index (χ2n) is 9.59. The summed E-state index contributed by atoms with van der Waals surface area (Å²) < 4.78 is 19.5. The number of hydrogen-bond donors (Lipinski definition) is 1. The number of halogens is 1. The van der Waals surface area contributed by atoms with Gasteiger partial charge in [-0.1, -0.05) is 22.9 Å². The smallest absolute Gasteiger partial charge is 0.145 e. The molecule has 6 aliphatic rings. The molecule has 6 heteroatoms. The number of fused-ring (bicyclic) bond motifs is 1. The predicted octanol–water partition coefficient (Wildman–Crippen LogP) is 3.75. The molecule has 4 nitrogen and oxygen atoms in total. The molecule has 144 valence electrons. The van der Waals surface area contributed by atoms with Crippen LogP contribution in [0.2, 0.25) is 0 Å². The molecule has 6 rings (SSSR count). The van der Waals surface area contributed by atoms with Gasteiger partial charge in [0.15, 0.2) is 0 Å². The van der Waals surface area contributed by atoms with Gasteiger partial charge in [0.1, 0.15) is 23.4 Å². The van der Waals surface area contributed by atoms with Crippen LogP contribution in [0.15, 0.2) is 11.6 Å². The van der Waals surface area contributed by atoms with Gasteiger partial charge in [0.2, 0.25) is 0 Å². The van der Waals surface area contributed by atoms with E-state index in [1.807, 2.05) is 6.26 Å². The van der Waals surface area contributed by atoms with Crippen LogP contribution in [0.4, 0.5) is 0 Å². The van der Waals surface area contributed by atoms with Crippen molar-refractivity contribution in [2.24, 2.45) is 11.3 Å². The van der Waals surface area contributed by atoms with Crippen molar-refractivity contribution >= 4 is 28.0 Å². The Morgan fingerprint density at radius 3 is 2.96 bits per heavy atom. The molecule has 26 heavy (non-hydrogen) atoms. The van der Waals surface area contributed by atoms with Gasteiger partial charge in [-0.2, -0.15) is 0 Å². The maximum absolute atomic E-state index is 10.7. The van der Waals surface area contributed by atoms with Crippen LogP contribution in [-0.4, -0.2) is 51.3 Å². The topological polar surface area (TPSA) is 51.2 Å². The highest BCUT2D eigenvalue weighted by molar-refractivity contribution is 9.09. The first-order chi connectivity index (χ1) is 12.4. The molecule has 0 unspecified atom stereocenters. The van der Waals surface area contributed by atoms with E-state index in [0.29, 0.717) is 5.92 Å². The van der Waals surface area contributed by atoms with Gasteiger partial charge in [-0.05, 0) is 80.0 Å². The van der Waals surface area contributed by atoms with E-state index < -0.39 is 0 Å².